The van der Waals surface area contributed by atoms with Gasteiger partial charge >= 0.3 is 0 Å². The van der Waals surface area contributed by atoms with Gasteiger partial charge in [-0.15, -0.1) is 0 Å². The Hall–Kier alpha value is -2.95. The summed E-state index contributed by atoms with van der Waals surface area (Å²) in [6, 6.07) is 11.7. The largest absolute Gasteiger partial charge is 0.503 e. The predicted molar refractivity (Wildman–Crippen MR) is 85.2 cm³/mol. The molecule has 3 rings (SSSR count). The Morgan fingerprint density at radius 2 is 1.78 bits per heavy atom. The van der Waals surface area contributed by atoms with E-state index in [4.69, 9.17) is 4.74 Å². The topological polar surface area (TPSA) is 42.4 Å². The van der Waals surface area contributed by atoms with E-state index in [0.717, 1.165) is 17.4 Å². The zero-order valence-corrected chi connectivity index (χ0v) is 12.3. The Morgan fingerprint density at radius 3 is 2.48 bits per heavy atom. The molecular formula is C18H13F2NO2. The van der Waals surface area contributed by atoms with Crippen molar-refractivity contribution in [2.45, 2.75) is 0 Å². The lowest BCUT2D eigenvalue weighted by Gasteiger charge is -2.04. The second-order valence-corrected chi connectivity index (χ2v) is 4.94. The van der Waals surface area contributed by atoms with Gasteiger partial charge in [-0.05, 0) is 35.9 Å². The van der Waals surface area contributed by atoms with E-state index in [1.165, 1.54) is 0 Å². The molecule has 0 atom stereocenters. The van der Waals surface area contributed by atoms with Crippen molar-refractivity contribution in [2.24, 2.45) is 0 Å². The van der Waals surface area contributed by atoms with Crippen LogP contribution in [0.5, 0.6) is 11.5 Å². The lowest BCUT2D eigenvalue weighted by atomic mass is 10.1. The molecule has 1 aromatic heterocycles. The third-order valence-corrected chi connectivity index (χ3v) is 3.43. The van der Waals surface area contributed by atoms with Gasteiger partial charge in [0.25, 0.3) is 0 Å². The molecule has 3 nitrogen and oxygen atoms in total. The summed E-state index contributed by atoms with van der Waals surface area (Å²) in [5, 5.41) is 10.0. The fraction of sp³-hybridized carbons (Fsp3) is 0.0556. The van der Waals surface area contributed by atoms with Crippen LogP contribution in [0.25, 0.3) is 23.1 Å². The maximum atomic E-state index is 13.4. The Morgan fingerprint density at radius 1 is 1.04 bits per heavy atom. The van der Waals surface area contributed by atoms with Crippen molar-refractivity contribution in [3.63, 3.8) is 0 Å². The van der Waals surface area contributed by atoms with Crippen LogP contribution < -0.4 is 4.74 Å². The van der Waals surface area contributed by atoms with Gasteiger partial charge in [0.1, 0.15) is 11.3 Å². The average molecular weight is 313 g/mol. The van der Waals surface area contributed by atoms with Crippen molar-refractivity contribution in [3.8, 4) is 11.5 Å². The summed E-state index contributed by atoms with van der Waals surface area (Å²) in [5.74, 6) is -2.41. The average Bonchev–Trinajstić information content (AvgIpc) is 2.59. The molecule has 0 unspecified atom stereocenters. The van der Waals surface area contributed by atoms with E-state index < -0.39 is 17.4 Å². The normalized spacial score (nSPS) is 11.3. The van der Waals surface area contributed by atoms with Crippen molar-refractivity contribution in [2.75, 3.05) is 7.11 Å². The fourth-order valence-corrected chi connectivity index (χ4v) is 2.20. The van der Waals surface area contributed by atoms with E-state index in [0.29, 0.717) is 11.1 Å². The molecule has 0 saturated carbocycles. The summed E-state index contributed by atoms with van der Waals surface area (Å²) >= 11 is 0. The van der Waals surface area contributed by atoms with Crippen LogP contribution in [-0.4, -0.2) is 17.2 Å². The zero-order valence-electron chi connectivity index (χ0n) is 12.3. The van der Waals surface area contributed by atoms with Crippen molar-refractivity contribution >= 4 is 23.1 Å². The number of hydrogen-bond acceptors (Lipinski definition) is 3. The van der Waals surface area contributed by atoms with Gasteiger partial charge in [-0.1, -0.05) is 24.3 Å². The van der Waals surface area contributed by atoms with Crippen LogP contribution in [0, 0.1) is 11.6 Å². The predicted octanol–water partition coefficient (Wildman–Crippen LogP) is 4.40. The summed E-state index contributed by atoms with van der Waals surface area (Å²) in [5.41, 5.74) is 1.48. The van der Waals surface area contributed by atoms with Gasteiger partial charge in [0.15, 0.2) is 11.6 Å². The highest BCUT2D eigenvalue weighted by molar-refractivity contribution is 5.86. The molecule has 0 spiro atoms. The molecule has 0 aliphatic carbocycles. The molecule has 0 aliphatic rings. The Bertz CT molecular complexity index is 890. The number of phenolic OH excluding ortho intramolecular Hbond substituents is 1. The first-order chi connectivity index (χ1) is 11.1. The third-order valence-electron chi connectivity index (χ3n) is 3.43. The first-order valence-electron chi connectivity index (χ1n) is 6.88. The van der Waals surface area contributed by atoms with Gasteiger partial charge in [0.05, 0.1) is 12.8 Å². The highest BCUT2D eigenvalue weighted by Gasteiger charge is 2.13. The van der Waals surface area contributed by atoms with Crippen molar-refractivity contribution < 1.29 is 18.6 Å². The maximum Gasteiger partial charge on any atom is 0.202 e. The van der Waals surface area contributed by atoms with Crippen LogP contribution in [0.15, 0.2) is 42.5 Å². The summed E-state index contributed by atoms with van der Waals surface area (Å²) in [7, 11) is 1.60. The van der Waals surface area contributed by atoms with Gasteiger partial charge < -0.3 is 9.84 Å². The number of benzene rings is 2. The Balaban J connectivity index is 1.95. The highest BCUT2D eigenvalue weighted by atomic mass is 19.2. The molecule has 23 heavy (non-hydrogen) atoms. The number of ether oxygens (including phenoxy) is 1. The van der Waals surface area contributed by atoms with Gasteiger partial charge in [-0.2, -0.15) is 4.39 Å². The number of aromatic nitrogens is 1. The number of phenols is 1. The van der Waals surface area contributed by atoms with Crippen LogP contribution >= 0.6 is 0 Å². The highest BCUT2D eigenvalue weighted by Crippen LogP contribution is 2.28. The van der Waals surface area contributed by atoms with E-state index in [2.05, 4.69) is 4.98 Å². The van der Waals surface area contributed by atoms with Crippen LogP contribution in [0.4, 0.5) is 8.78 Å². The van der Waals surface area contributed by atoms with Crippen LogP contribution in [0.3, 0.4) is 0 Å². The lowest BCUT2D eigenvalue weighted by Crippen LogP contribution is -1.90. The van der Waals surface area contributed by atoms with Gasteiger partial charge in [0, 0.05) is 5.39 Å². The van der Waals surface area contributed by atoms with Crippen molar-refractivity contribution in [3.05, 3.63) is 65.4 Å². The fourth-order valence-electron chi connectivity index (χ4n) is 2.20. The third kappa shape index (κ3) is 2.99. The number of nitrogens with zero attached hydrogens (tertiary/aromatic N) is 1. The summed E-state index contributed by atoms with van der Waals surface area (Å²) in [6.45, 7) is 0. The number of pyridine rings is 1. The minimum atomic E-state index is -1.29. The van der Waals surface area contributed by atoms with Crippen LogP contribution in [0.1, 0.15) is 11.3 Å². The van der Waals surface area contributed by atoms with Gasteiger partial charge in [-0.3, -0.25) is 0 Å². The monoisotopic (exact) mass is 313 g/mol. The molecule has 0 bridgehead atoms. The Labute approximate surface area is 131 Å². The van der Waals surface area contributed by atoms with Crippen molar-refractivity contribution in [1.29, 1.82) is 0 Å². The smallest absolute Gasteiger partial charge is 0.202 e. The van der Waals surface area contributed by atoms with Crippen LogP contribution in [0.2, 0.25) is 0 Å². The second kappa shape index (κ2) is 6.04. The number of methoxy groups -OCH3 is 1. The zero-order chi connectivity index (χ0) is 16.4. The summed E-state index contributed by atoms with van der Waals surface area (Å²) in [4.78, 5) is 4.16. The molecule has 0 aliphatic heterocycles. The number of hydrogen-bond donors (Lipinski definition) is 1. The van der Waals surface area contributed by atoms with E-state index in [9.17, 15) is 13.9 Å². The molecule has 0 amide bonds. The summed E-state index contributed by atoms with van der Waals surface area (Å²) in [6.07, 6.45) is 3.55. The minimum absolute atomic E-state index is 0.0285. The SMILES string of the molecule is COc1ccc(/C=C/c2ccc3cc(F)c(F)c(O)c3n2)cc1. The minimum Gasteiger partial charge on any atom is -0.503 e. The number of rotatable bonds is 3. The molecular weight excluding hydrogens is 300 g/mol. The summed E-state index contributed by atoms with van der Waals surface area (Å²) < 4.78 is 31.8. The number of halogens is 2. The first-order valence-corrected chi connectivity index (χ1v) is 6.88. The van der Waals surface area contributed by atoms with Gasteiger partial charge in [-0.25, -0.2) is 9.37 Å². The molecule has 2 aromatic carbocycles. The molecule has 1 heterocycles. The molecule has 1 N–H and O–H groups in total. The number of aromatic hydroxyl groups is 1. The van der Waals surface area contributed by atoms with E-state index in [1.54, 1.807) is 25.3 Å². The molecule has 116 valence electrons. The Kier molecular flexibility index (Phi) is 3.93. The maximum absolute atomic E-state index is 13.4. The second-order valence-electron chi connectivity index (χ2n) is 4.94. The molecule has 0 saturated heterocycles. The molecule has 3 aromatic rings. The molecule has 5 heteroatoms. The lowest BCUT2D eigenvalue weighted by molar-refractivity contribution is 0.412. The van der Waals surface area contributed by atoms with Crippen molar-refractivity contribution in [1.82, 2.24) is 4.98 Å². The number of fused-ring (bicyclic) bond motifs is 1. The first kappa shape index (κ1) is 15.0. The van der Waals surface area contributed by atoms with E-state index >= 15 is 0 Å². The quantitative estimate of drug-likeness (QED) is 0.779. The van der Waals surface area contributed by atoms with E-state index in [-0.39, 0.29) is 5.52 Å². The molecule has 0 radical (unpaired) electrons. The van der Waals surface area contributed by atoms with Crippen LogP contribution in [-0.2, 0) is 0 Å². The standard InChI is InChI=1S/C18H13F2NO2/c1-23-14-8-3-11(4-9-14)2-6-13-7-5-12-10-15(19)16(20)18(22)17(12)21-13/h2-10,22H,1H3/b6-2+. The van der Waals surface area contributed by atoms with E-state index in [1.807, 2.05) is 30.3 Å². The van der Waals surface area contributed by atoms with Gasteiger partial charge in [0.2, 0.25) is 5.82 Å². The molecule has 0 fully saturated rings.